The second kappa shape index (κ2) is 1.87. The minimum atomic E-state index is 0.0768. The Balaban J connectivity index is 2.47. The summed E-state index contributed by atoms with van der Waals surface area (Å²) in [6, 6.07) is 0. The molecule has 1 amide bonds. The summed E-state index contributed by atoms with van der Waals surface area (Å²) in [7, 11) is 0. The van der Waals surface area contributed by atoms with E-state index in [4.69, 9.17) is 6.42 Å². The van der Waals surface area contributed by atoms with Gasteiger partial charge >= 0.3 is 0 Å². The maximum absolute atomic E-state index is 10.4. The Morgan fingerprint density at radius 1 is 1.88 bits per heavy atom. The summed E-state index contributed by atoms with van der Waals surface area (Å²) < 4.78 is 0. The smallest absolute Gasteiger partial charge is 0.221 e. The van der Waals surface area contributed by atoms with Gasteiger partial charge in [0.15, 0.2) is 0 Å². The average Bonchev–Trinajstić information content (AvgIpc) is 2.14. The number of carbonyl (C=O) groups is 1. The lowest BCUT2D eigenvalue weighted by molar-refractivity contribution is -0.119. The lowest BCUT2D eigenvalue weighted by Crippen LogP contribution is -2.13. The van der Waals surface area contributed by atoms with E-state index in [2.05, 4.69) is 11.2 Å². The topological polar surface area (TPSA) is 29.1 Å². The SMILES string of the molecule is C#CC1CNC(=O)C1. The maximum atomic E-state index is 10.4. The van der Waals surface area contributed by atoms with E-state index in [0.717, 1.165) is 0 Å². The van der Waals surface area contributed by atoms with E-state index in [1.165, 1.54) is 0 Å². The summed E-state index contributed by atoms with van der Waals surface area (Å²) in [5.41, 5.74) is 0. The Hall–Kier alpha value is -0.970. The molecular formula is C6H7NO. The summed E-state index contributed by atoms with van der Waals surface area (Å²) in [6.45, 7) is 0.662. The van der Waals surface area contributed by atoms with Crippen LogP contribution in [0.3, 0.4) is 0 Å². The van der Waals surface area contributed by atoms with Crippen LogP contribution in [0, 0.1) is 18.3 Å². The number of hydrogen-bond donors (Lipinski definition) is 1. The summed E-state index contributed by atoms with van der Waals surface area (Å²) in [5.74, 6) is 2.73. The van der Waals surface area contributed by atoms with Gasteiger partial charge in [0.1, 0.15) is 0 Å². The zero-order chi connectivity index (χ0) is 5.98. The molecule has 1 unspecified atom stereocenters. The molecule has 1 fully saturated rings. The highest BCUT2D eigenvalue weighted by atomic mass is 16.1. The normalized spacial score (nSPS) is 26.9. The molecule has 8 heavy (non-hydrogen) atoms. The van der Waals surface area contributed by atoms with E-state index in [0.29, 0.717) is 13.0 Å². The molecule has 1 saturated heterocycles. The number of carbonyl (C=O) groups excluding carboxylic acids is 1. The Morgan fingerprint density at radius 3 is 2.88 bits per heavy atom. The molecule has 42 valence electrons. The third-order valence-electron chi connectivity index (χ3n) is 1.21. The van der Waals surface area contributed by atoms with Crippen LogP contribution in [0.5, 0.6) is 0 Å². The molecule has 1 heterocycles. The van der Waals surface area contributed by atoms with Crippen LogP contribution in [0.4, 0.5) is 0 Å². The van der Waals surface area contributed by atoms with E-state index < -0.39 is 0 Å². The number of amides is 1. The van der Waals surface area contributed by atoms with Crippen LogP contribution in [-0.4, -0.2) is 12.5 Å². The van der Waals surface area contributed by atoms with Crippen molar-refractivity contribution in [1.29, 1.82) is 0 Å². The van der Waals surface area contributed by atoms with Crippen LogP contribution in [0.25, 0.3) is 0 Å². The lowest BCUT2D eigenvalue weighted by atomic mass is 10.1. The van der Waals surface area contributed by atoms with Gasteiger partial charge in [0.05, 0.1) is 0 Å². The molecule has 1 aliphatic heterocycles. The zero-order valence-electron chi connectivity index (χ0n) is 4.48. The quantitative estimate of drug-likeness (QED) is 0.427. The van der Waals surface area contributed by atoms with E-state index >= 15 is 0 Å². The van der Waals surface area contributed by atoms with Gasteiger partial charge in [0, 0.05) is 18.9 Å². The first-order chi connectivity index (χ1) is 3.83. The van der Waals surface area contributed by atoms with Gasteiger partial charge in [-0.15, -0.1) is 12.3 Å². The minimum absolute atomic E-state index is 0.0768. The molecule has 0 radical (unpaired) electrons. The molecular weight excluding hydrogens is 102 g/mol. The number of hydrogen-bond acceptors (Lipinski definition) is 1. The first-order valence-corrected chi connectivity index (χ1v) is 2.56. The van der Waals surface area contributed by atoms with E-state index in [9.17, 15) is 4.79 Å². The molecule has 1 aliphatic rings. The van der Waals surface area contributed by atoms with Crippen molar-refractivity contribution in [2.45, 2.75) is 6.42 Å². The fourth-order valence-corrected chi connectivity index (χ4v) is 0.723. The highest BCUT2D eigenvalue weighted by Crippen LogP contribution is 2.05. The summed E-state index contributed by atoms with van der Waals surface area (Å²) in [6.07, 6.45) is 5.56. The second-order valence-electron chi connectivity index (χ2n) is 1.87. The summed E-state index contributed by atoms with van der Waals surface area (Å²) in [5, 5.41) is 2.64. The largest absolute Gasteiger partial charge is 0.355 e. The number of rotatable bonds is 0. The van der Waals surface area contributed by atoms with Gasteiger partial charge in [-0.2, -0.15) is 0 Å². The first kappa shape index (κ1) is 5.17. The van der Waals surface area contributed by atoms with Crippen molar-refractivity contribution in [2.24, 2.45) is 5.92 Å². The zero-order valence-corrected chi connectivity index (χ0v) is 4.48. The van der Waals surface area contributed by atoms with Gasteiger partial charge < -0.3 is 5.32 Å². The molecule has 0 bridgehead atoms. The monoisotopic (exact) mass is 109 g/mol. The third kappa shape index (κ3) is 0.812. The van der Waals surface area contributed by atoms with Gasteiger partial charge in [-0.1, -0.05) is 0 Å². The molecule has 1 N–H and O–H groups in total. The molecule has 0 spiro atoms. The van der Waals surface area contributed by atoms with Crippen LogP contribution in [-0.2, 0) is 4.79 Å². The number of nitrogens with one attached hydrogen (secondary N) is 1. The van der Waals surface area contributed by atoms with Gasteiger partial charge in [-0.25, -0.2) is 0 Å². The van der Waals surface area contributed by atoms with Gasteiger partial charge in [0.25, 0.3) is 0 Å². The van der Waals surface area contributed by atoms with Crippen molar-refractivity contribution in [3.8, 4) is 12.3 Å². The van der Waals surface area contributed by atoms with Crippen molar-refractivity contribution in [3.63, 3.8) is 0 Å². The molecule has 0 saturated carbocycles. The molecule has 0 aromatic heterocycles. The number of terminal acetylenes is 1. The van der Waals surface area contributed by atoms with E-state index in [1.807, 2.05) is 0 Å². The van der Waals surface area contributed by atoms with Crippen LogP contribution >= 0.6 is 0 Å². The van der Waals surface area contributed by atoms with Crippen LogP contribution in [0.15, 0.2) is 0 Å². The van der Waals surface area contributed by atoms with Crippen molar-refractivity contribution >= 4 is 5.91 Å². The van der Waals surface area contributed by atoms with Crippen molar-refractivity contribution in [2.75, 3.05) is 6.54 Å². The summed E-state index contributed by atoms with van der Waals surface area (Å²) >= 11 is 0. The Kier molecular flexibility index (Phi) is 1.21. The van der Waals surface area contributed by atoms with Gasteiger partial charge in [0.2, 0.25) is 5.91 Å². The van der Waals surface area contributed by atoms with Gasteiger partial charge in [-0.05, 0) is 0 Å². The predicted molar refractivity (Wildman–Crippen MR) is 29.9 cm³/mol. The van der Waals surface area contributed by atoms with E-state index in [1.54, 1.807) is 0 Å². The average molecular weight is 109 g/mol. The fraction of sp³-hybridized carbons (Fsp3) is 0.500. The van der Waals surface area contributed by atoms with Crippen molar-refractivity contribution in [1.82, 2.24) is 5.32 Å². The lowest BCUT2D eigenvalue weighted by Gasteiger charge is -1.89. The molecule has 1 rings (SSSR count). The standard InChI is InChI=1S/C6H7NO/c1-2-5-3-6(8)7-4-5/h1,5H,3-4H2,(H,7,8). The molecule has 0 aromatic carbocycles. The Morgan fingerprint density at radius 2 is 2.62 bits per heavy atom. The van der Waals surface area contributed by atoms with Crippen molar-refractivity contribution < 1.29 is 4.79 Å². The van der Waals surface area contributed by atoms with E-state index in [-0.39, 0.29) is 11.8 Å². The predicted octanol–water partition coefficient (Wildman–Crippen LogP) is -0.244. The minimum Gasteiger partial charge on any atom is -0.355 e. The van der Waals surface area contributed by atoms with Crippen LogP contribution < -0.4 is 5.32 Å². The van der Waals surface area contributed by atoms with Crippen molar-refractivity contribution in [3.05, 3.63) is 0 Å². The van der Waals surface area contributed by atoms with Crippen LogP contribution in [0.2, 0.25) is 0 Å². The third-order valence-corrected chi connectivity index (χ3v) is 1.21. The molecule has 2 heteroatoms. The molecule has 0 aliphatic carbocycles. The van der Waals surface area contributed by atoms with Crippen LogP contribution in [0.1, 0.15) is 6.42 Å². The van der Waals surface area contributed by atoms with Gasteiger partial charge in [-0.3, -0.25) is 4.79 Å². The molecule has 1 atom stereocenters. The first-order valence-electron chi connectivity index (χ1n) is 2.56. The second-order valence-corrected chi connectivity index (χ2v) is 1.87. The Bertz CT molecular complexity index is 145. The fourth-order valence-electron chi connectivity index (χ4n) is 0.723. The highest BCUT2D eigenvalue weighted by molar-refractivity contribution is 5.78. The maximum Gasteiger partial charge on any atom is 0.221 e. The highest BCUT2D eigenvalue weighted by Gasteiger charge is 2.18. The molecule has 0 aromatic rings. The Labute approximate surface area is 48.3 Å². The summed E-state index contributed by atoms with van der Waals surface area (Å²) in [4.78, 5) is 10.4. The molecule has 2 nitrogen and oxygen atoms in total.